The van der Waals surface area contributed by atoms with Crippen LogP contribution in [0, 0.1) is 0 Å². The molecule has 0 bridgehead atoms. The minimum Gasteiger partial charge on any atom is -0.497 e. The highest BCUT2D eigenvalue weighted by molar-refractivity contribution is 7.91. The number of ether oxygens (including phenoxy) is 1. The van der Waals surface area contributed by atoms with E-state index in [0.717, 1.165) is 11.3 Å². The van der Waals surface area contributed by atoms with Gasteiger partial charge in [-0.1, -0.05) is 12.1 Å². The van der Waals surface area contributed by atoms with Gasteiger partial charge in [-0.15, -0.1) is 0 Å². The zero-order chi connectivity index (χ0) is 18.0. The first-order valence-corrected chi connectivity index (χ1v) is 9.56. The summed E-state index contributed by atoms with van der Waals surface area (Å²) in [5.41, 5.74) is 2.98. The van der Waals surface area contributed by atoms with Crippen LogP contribution in [-0.2, 0) is 27.0 Å². The van der Waals surface area contributed by atoms with E-state index in [4.69, 9.17) is 4.74 Å². The molecule has 6 nitrogen and oxygen atoms in total. The van der Waals surface area contributed by atoms with Crippen LogP contribution < -0.4 is 14.4 Å². The molecule has 0 aromatic heterocycles. The van der Waals surface area contributed by atoms with Crippen molar-refractivity contribution in [3.63, 3.8) is 0 Å². The van der Waals surface area contributed by atoms with E-state index in [1.54, 1.807) is 61.5 Å². The summed E-state index contributed by atoms with van der Waals surface area (Å²) in [6.07, 6.45) is 1.05. The number of fused-ring (bicyclic) bond motifs is 1. The molecule has 0 unspecified atom stereocenters. The summed E-state index contributed by atoms with van der Waals surface area (Å²) in [5, 5.41) is 0. The number of benzene rings is 2. The Morgan fingerprint density at radius 3 is 2.52 bits per heavy atom. The van der Waals surface area contributed by atoms with Crippen LogP contribution in [0.5, 0.6) is 5.75 Å². The molecule has 0 atom stereocenters. The average molecular weight is 360 g/mol. The molecule has 1 aliphatic rings. The number of anilines is 2. The number of rotatable bonds is 5. The van der Waals surface area contributed by atoms with Crippen molar-refractivity contribution in [1.82, 2.24) is 0 Å². The number of hydrogen-bond donors (Lipinski definition) is 1. The first kappa shape index (κ1) is 17.3. The van der Waals surface area contributed by atoms with Gasteiger partial charge in [-0.25, -0.2) is 8.42 Å². The van der Waals surface area contributed by atoms with Crippen LogP contribution in [0.15, 0.2) is 42.5 Å². The van der Waals surface area contributed by atoms with E-state index in [1.807, 2.05) is 0 Å². The SMILES string of the molecule is COc1ccc(CS(=O)(=O)Nc2ccc3c(c2)CCC(=O)N3C)cc1. The topological polar surface area (TPSA) is 75.7 Å². The zero-order valence-corrected chi connectivity index (χ0v) is 15.0. The molecule has 1 aliphatic heterocycles. The third-order valence-electron chi connectivity index (χ3n) is 4.21. The number of aryl methyl sites for hydroxylation is 1. The summed E-state index contributed by atoms with van der Waals surface area (Å²) in [7, 11) is -0.236. The molecule has 0 radical (unpaired) electrons. The van der Waals surface area contributed by atoms with Crippen LogP contribution in [0.2, 0.25) is 0 Å². The van der Waals surface area contributed by atoms with Gasteiger partial charge < -0.3 is 9.64 Å². The maximum atomic E-state index is 12.4. The molecule has 0 spiro atoms. The molecule has 0 saturated carbocycles. The molecule has 3 rings (SSSR count). The van der Waals surface area contributed by atoms with Crippen LogP contribution in [-0.4, -0.2) is 28.5 Å². The third-order valence-corrected chi connectivity index (χ3v) is 5.47. The summed E-state index contributed by atoms with van der Waals surface area (Å²) in [6, 6.07) is 12.2. The largest absolute Gasteiger partial charge is 0.497 e. The summed E-state index contributed by atoms with van der Waals surface area (Å²) in [5.74, 6) is 0.634. The fourth-order valence-electron chi connectivity index (χ4n) is 2.88. The van der Waals surface area contributed by atoms with Crippen LogP contribution in [0.3, 0.4) is 0 Å². The Labute approximate surface area is 147 Å². The van der Waals surface area contributed by atoms with Gasteiger partial charge >= 0.3 is 0 Å². The lowest BCUT2D eigenvalue weighted by atomic mass is 10.0. The lowest BCUT2D eigenvalue weighted by Crippen LogP contribution is -2.31. The molecule has 0 saturated heterocycles. The Morgan fingerprint density at radius 2 is 1.84 bits per heavy atom. The second-order valence-corrected chi connectivity index (χ2v) is 7.73. The van der Waals surface area contributed by atoms with Gasteiger partial charge in [-0.2, -0.15) is 0 Å². The van der Waals surface area contributed by atoms with E-state index >= 15 is 0 Å². The van der Waals surface area contributed by atoms with Crippen molar-refractivity contribution in [2.45, 2.75) is 18.6 Å². The Hall–Kier alpha value is -2.54. The van der Waals surface area contributed by atoms with Gasteiger partial charge in [0.25, 0.3) is 0 Å². The molecule has 1 N–H and O–H groups in total. The van der Waals surface area contributed by atoms with Crippen LogP contribution in [0.4, 0.5) is 11.4 Å². The van der Waals surface area contributed by atoms with Crippen LogP contribution in [0.25, 0.3) is 0 Å². The van der Waals surface area contributed by atoms with Crippen molar-refractivity contribution < 1.29 is 17.9 Å². The standard InChI is InChI=1S/C18H20N2O4S/c1-20-17-9-6-15(11-14(17)5-10-18(20)21)19-25(22,23)12-13-3-7-16(24-2)8-4-13/h3-4,6-9,11,19H,5,10,12H2,1-2H3. The van der Waals surface area contributed by atoms with Crippen molar-refractivity contribution in [3.8, 4) is 5.75 Å². The zero-order valence-electron chi connectivity index (χ0n) is 14.2. The van der Waals surface area contributed by atoms with Crippen LogP contribution >= 0.6 is 0 Å². The van der Waals surface area contributed by atoms with E-state index in [0.29, 0.717) is 29.8 Å². The van der Waals surface area contributed by atoms with Crippen molar-refractivity contribution in [2.24, 2.45) is 0 Å². The number of nitrogens with one attached hydrogen (secondary N) is 1. The Morgan fingerprint density at radius 1 is 1.12 bits per heavy atom. The van der Waals surface area contributed by atoms with Gasteiger partial charge in [0.15, 0.2) is 0 Å². The third kappa shape index (κ3) is 3.93. The normalized spacial score (nSPS) is 14.2. The van der Waals surface area contributed by atoms with E-state index in [9.17, 15) is 13.2 Å². The van der Waals surface area contributed by atoms with Gasteiger partial charge in [-0.3, -0.25) is 9.52 Å². The first-order chi connectivity index (χ1) is 11.9. The maximum Gasteiger partial charge on any atom is 0.236 e. The number of methoxy groups -OCH3 is 1. The van der Waals surface area contributed by atoms with Crippen molar-refractivity contribution in [2.75, 3.05) is 23.8 Å². The predicted octanol–water partition coefficient (Wildman–Crippen LogP) is 2.55. The Balaban J connectivity index is 1.75. The summed E-state index contributed by atoms with van der Waals surface area (Å²) in [6.45, 7) is 0. The molecule has 2 aromatic rings. The van der Waals surface area contributed by atoms with Crippen molar-refractivity contribution in [3.05, 3.63) is 53.6 Å². The molecule has 1 heterocycles. The fourth-order valence-corrected chi connectivity index (χ4v) is 4.07. The van der Waals surface area contributed by atoms with E-state index < -0.39 is 10.0 Å². The second-order valence-electron chi connectivity index (χ2n) is 6.01. The predicted molar refractivity (Wildman–Crippen MR) is 97.4 cm³/mol. The summed E-state index contributed by atoms with van der Waals surface area (Å²) < 4.78 is 32.5. The lowest BCUT2D eigenvalue weighted by Gasteiger charge is -2.26. The molecule has 7 heteroatoms. The number of hydrogen-bond acceptors (Lipinski definition) is 4. The Kier molecular flexibility index (Phi) is 4.67. The highest BCUT2D eigenvalue weighted by atomic mass is 32.2. The number of sulfonamides is 1. The number of carbonyl (C=O) groups is 1. The number of nitrogens with zero attached hydrogens (tertiary/aromatic N) is 1. The molecule has 132 valence electrons. The monoisotopic (exact) mass is 360 g/mol. The molecule has 0 fully saturated rings. The molecular formula is C18H20N2O4S. The molecule has 1 amide bonds. The van der Waals surface area contributed by atoms with Crippen molar-refractivity contribution >= 4 is 27.3 Å². The minimum atomic E-state index is -3.53. The lowest BCUT2D eigenvalue weighted by molar-refractivity contribution is -0.118. The number of amides is 1. The highest BCUT2D eigenvalue weighted by Crippen LogP contribution is 2.29. The van der Waals surface area contributed by atoms with E-state index in [1.165, 1.54) is 0 Å². The minimum absolute atomic E-state index is 0.0698. The summed E-state index contributed by atoms with van der Waals surface area (Å²) in [4.78, 5) is 13.3. The number of carbonyl (C=O) groups excluding carboxylic acids is 1. The smallest absolute Gasteiger partial charge is 0.236 e. The van der Waals surface area contributed by atoms with Gasteiger partial charge in [0, 0.05) is 24.8 Å². The van der Waals surface area contributed by atoms with Gasteiger partial charge in [-0.05, 0) is 47.9 Å². The Bertz CT molecular complexity index is 892. The average Bonchev–Trinajstić information content (AvgIpc) is 2.58. The molecular weight excluding hydrogens is 340 g/mol. The maximum absolute atomic E-state index is 12.4. The molecule has 25 heavy (non-hydrogen) atoms. The quantitative estimate of drug-likeness (QED) is 0.889. The second kappa shape index (κ2) is 6.76. The first-order valence-electron chi connectivity index (χ1n) is 7.91. The van der Waals surface area contributed by atoms with Crippen LogP contribution in [0.1, 0.15) is 17.5 Å². The van der Waals surface area contributed by atoms with Crippen molar-refractivity contribution in [1.29, 1.82) is 0 Å². The van der Waals surface area contributed by atoms with E-state index in [-0.39, 0.29) is 11.7 Å². The van der Waals surface area contributed by atoms with Gasteiger partial charge in [0.05, 0.1) is 12.9 Å². The molecule has 2 aromatic carbocycles. The highest BCUT2D eigenvalue weighted by Gasteiger charge is 2.21. The molecule has 0 aliphatic carbocycles. The van der Waals surface area contributed by atoms with Gasteiger partial charge in [0.2, 0.25) is 15.9 Å². The van der Waals surface area contributed by atoms with Gasteiger partial charge in [0.1, 0.15) is 5.75 Å². The summed E-state index contributed by atoms with van der Waals surface area (Å²) >= 11 is 0. The van der Waals surface area contributed by atoms with E-state index in [2.05, 4.69) is 4.72 Å². The fraction of sp³-hybridized carbons (Fsp3) is 0.278.